The van der Waals surface area contributed by atoms with Gasteiger partial charge in [0.25, 0.3) is 5.78 Å². The lowest BCUT2D eigenvalue weighted by molar-refractivity contribution is -0.137. The Morgan fingerprint density at radius 2 is 1.81 bits per heavy atom. The highest BCUT2D eigenvalue weighted by Gasteiger charge is 2.31. The van der Waals surface area contributed by atoms with E-state index < -0.39 is 17.6 Å². The van der Waals surface area contributed by atoms with E-state index in [0.29, 0.717) is 11.5 Å². The summed E-state index contributed by atoms with van der Waals surface area (Å²) in [7, 11) is 0. The van der Waals surface area contributed by atoms with Gasteiger partial charge in [-0.25, -0.2) is 14.2 Å². The molecule has 0 unspecified atom stereocenters. The molecule has 0 aliphatic heterocycles. The van der Waals surface area contributed by atoms with Gasteiger partial charge in [0, 0.05) is 17.5 Å². The van der Waals surface area contributed by atoms with E-state index >= 15 is 0 Å². The van der Waals surface area contributed by atoms with E-state index in [0.717, 1.165) is 34.3 Å². The molecule has 0 saturated carbocycles. The monoisotopic (exact) mass is 463 g/mol. The first-order valence-electron chi connectivity index (χ1n) is 9.45. The van der Waals surface area contributed by atoms with Gasteiger partial charge in [-0.05, 0) is 45.0 Å². The summed E-state index contributed by atoms with van der Waals surface area (Å²) in [5.74, 6) is 0.327. The second-order valence-corrected chi connectivity index (χ2v) is 7.66. The SMILES string of the molecule is Cc1cc(C)n2nc(CC(=O)Nc3cc(C)nn3-c3cc(C(F)(F)F)ccc3Cl)nc2n1. The number of nitrogens with zero attached hydrogens (tertiary/aromatic N) is 6. The van der Waals surface area contributed by atoms with Crippen molar-refractivity contribution in [1.29, 1.82) is 0 Å². The molecule has 0 aliphatic carbocycles. The smallest absolute Gasteiger partial charge is 0.310 e. The van der Waals surface area contributed by atoms with Crippen molar-refractivity contribution in [3.05, 3.63) is 63.8 Å². The molecule has 0 aliphatic rings. The standard InChI is InChI=1S/C20H17ClF3N7O/c1-10-6-12(3)30-19(25-10)26-16(29-30)9-18(32)27-17-7-11(2)28-31(17)15-8-13(20(22,23)24)4-5-14(15)21/h4-8H,9H2,1-3H3,(H,27,32). The van der Waals surface area contributed by atoms with Crippen molar-refractivity contribution >= 4 is 29.1 Å². The number of halogens is 4. The van der Waals surface area contributed by atoms with Crippen LogP contribution in [-0.4, -0.2) is 35.3 Å². The van der Waals surface area contributed by atoms with Crippen molar-refractivity contribution in [3.63, 3.8) is 0 Å². The molecule has 0 atom stereocenters. The van der Waals surface area contributed by atoms with Crippen LogP contribution < -0.4 is 5.32 Å². The number of rotatable bonds is 4. The van der Waals surface area contributed by atoms with Crippen LogP contribution in [0, 0.1) is 20.8 Å². The second kappa shape index (κ2) is 7.90. The number of fused-ring (bicyclic) bond motifs is 1. The van der Waals surface area contributed by atoms with Crippen LogP contribution in [0.25, 0.3) is 11.5 Å². The predicted octanol–water partition coefficient (Wildman–Crippen LogP) is 4.09. The van der Waals surface area contributed by atoms with Crippen molar-refractivity contribution in [3.8, 4) is 5.69 Å². The first-order chi connectivity index (χ1) is 15.0. The summed E-state index contributed by atoms with van der Waals surface area (Å²) in [5.41, 5.74) is 1.19. The van der Waals surface area contributed by atoms with Crippen LogP contribution in [0.3, 0.4) is 0 Å². The molecule has 1 amide bonds. The first kappa shape index (κ1) is 21.8. The number of alkyl halides is 3. The third-order valence-electron chi connectivity index (χ3n) is 4.58. The molecular weight excluding hydrogens is 447 g/mol. The van der Waals surface area contributed by atoms with E-state index in [2.05, 4.69) is 25.5 Å². The maximum Gasteiger partial charge on any atom is 0.416 e. The molecule has 3 heterocycles. The number of hydrogen-bond acceptors (Lipinski definition) is 5. The molecule has 4 rings (SSSR count). The van der Waals surface area contributed by atoms with Gasteiger partial charge in [-0.3, -0.25) is 4.79 Å². The van der Waals surface area contributed by atoms with E-state index in [9.17, 15) is 18.0 Å². The first-order valence-corrected chi connectivity index (χ1v) is 9.82. The van der Waals surface area contributed by atoms with Crippen molar-refractivity contribution in [1.82, 2.24) is 29.4 Å². The van der Waals surface area contributed by atoms with Crippen molar-refractivity contribution in [2.24, 2.45) is 0 Å². The molecule has 166 valence electrons. The van der Waals surface area contributed by atoms with E-state index in [4.69, 9.17) is 11.6 Å². The summed E-state index contributed by atoms with van der Waals surface area (Å²) in [6, 6.07) is 6.27. The number of anilines is 1. The molecule has 0 fully saturated rings. The van der Waals surface area contributed by atoms with Gasteiger partial charge in [-0.15, -0.1) is 5.10 Å². The Labute approximate surface area is 185 Å². The molecular formula is C20H17ClF3N7O. The summed E-state index contributed by atoms with van der Waals surface area (Å²) in [6.45, 7) is 5.32. The maximum absolute atomic E-state index is 13.2. The van der Waals surface area contributed by atoms with Gasteiger partial charge >= 0.3 is 6.18 Å². The van der Waals surface area contributed by atoms with Crippen LogP contribution in [0.4, 0.5) is 19.0 Å². The Kier molecular flexibility index (Phi) is 5.37. The topological polar surface area (TPSA) is 90.0 Å². The zero-order valence-electron chi connectivity index (χ0n) is 17.2. The average Bonchev–Trinajstić information content (AvgIpc) is 3.23. The number of carbonyl (C=O) groups is 1. The number of carbonyl (C=O) groups excluding carboxylic acids is 1. The largest absolute Gasteiger partial charge is 0.416 e. The van der Waals surface area contributed by atoms with Gasteiger partial charge in [0.2, 0.25) is 5.91 Å². The number of nitrogens with one attached hydrogen (secondary N) is 1. The normalized spacial score (nSPS) is 11.8. The summed E-state index contributed by atoms with van der Waals surface area (Å²) in [5, 5.41) is 11.2. The number of aryl methyl sites for hydroxylation is 3. The van der Waals surface area contributed by atoms with E-state index in [-0.39, 0.29) is 28.8 Å². The number of benzene rings is 1. The summed E-state index contributed by atoms with van der Waals surface area (Å²) in [4.78, 5) is 21.2. The van der Waals surface area contributed by atoms with Crippen LogP contribution in [0.1, 0.15) is 28.5 Å². The Balaban J connectivity index is 1.62. The van der Waals surface area contributed by atoms with Gasteiger partial charge in [-0.1, -0.05) is 11.6 Å². The van der Waals surface area contributed by atoms with Crippen molar-refractivity contribution < 1.29 is 18.0 Å². The zero-order chi connectivity index (χ0) is 23.2. The molecule has 0 spiro atoms. The molecule has 4 aromatic rings. The third-order valence-corrected chi connectivity index (χ3v) is 4.90. The van der Waals surface area contributed by atoms with E-state index in [1.807, 2.05) is 19.9 Å². The third kappa shape index (κ3) is 4.28. The van der Waals surface area contributed by atoms with Gasteiger partial charge < -0.3 is 5.32 Å². The minimum absolute atomic E-state index is 0.00829. The van der Waals surface area contributed by atoms with E-state index in [1.165, 1.54) is 10.6 Å². The number of aromatic nitrogens is 6. The molecule has 0 saturated heterocycles. The fourth-order valence-electron chi connectivity index (χ4n) is 3.24. The average molecular weight is 464 g/mol. The molecule has 0 bridgehead atoms. The zero-order valence-corrected chi connectivity index (χ0v) is 18.0. The lowest BCUT2D eigenvalue weighted by atomic mass is 10.2. The number of hydrogen-bond donors (Lipinski definition) is 1. The summed E-state index contributed by atoms with van der Waals surface area (Å²) >= 11 is 6.13. The molecule has 0 radical (unpaired) electrons. The van der Waals surface area contributed by atoms with Crippen LogP contribution in [0.2, 0.25) is 5.02 Å². The quantitative estimate of drug-likeness (QED) is 0.492. The highest BCUT2D eigenvalue weighted by molar-refractivity contribution is 6.32. The summed E-state index contributed by atoms with van der Waals surface area (Å²) < 4.78 is 42.2. The molecule has 32 heavy (non-hydrogen) atoms. The van der Waals surface area contributed by atoms with Crippen molar-refractivity contribution in [2.75, 3.05) is 5.32 Å². The fraction of sp³-hybridized carbons (Fsp3) is 0.250. The predicted molar refractivity (Wildman–Crippen MR) is 111 cm³/mol. The molecule has 12 heteroatoms. The molecule has 3 aromatic heterocycles. The summed E-state index contributed by atoms with van der Waals surface area (Å²) in [6.07, 6.45) is -4.72. The Bertz CT molecular complexity index is 1340. The lowest BCUT2D eigenvalue weighted by Gasteiger charge is -2.13. The highest BCUT2D eigenvalue weighted by Crippen LogP contribution is 2.34. The fourth-order valence-corrected chi connectivity index (χ4v) is 3.43. The molecule has 1 N–H and O–H groups in total. The van der Waals surface area contributed by atoms with Crippen LogP contribution in [0.5, 0.6) is 0 Å². The molecule has 1 aromatic carbocycles. The highest BCUT2D eigenvalue weighted by atomic mass is 35.5. The minimum atomic E-state index is -4.55. The van der Waals surface area contributed by atoms with Crippen LogP contribution in [0.15, 0.2) is 30.3 Å². The number of amides is 1. The minimum Gasteiger partial charge on any atom is -0.310 e. The van der Waals surface area contributed by atoms with Crippen LogP contribution >= 0.6 is 11.6 Å². The van der Waals surface area contributed by atoms with E-state index in [1.54, 1.807) is 6.92 Å². The van der Waals surface area contributed by atoms with Gasteiger partial charge in [0.15, 0.2) is 5.82 Å². The van der Waals surface area contributed by atoms with Gasteiger partial charge in [0.1, 0.15) is 5.82 Å². The van der Waals surface area contributed by atoms with Crippen LogP contribution in [-0.2, 0) is 17.4 Å². The van der Waals surface area contributed by atoms with Crippen molar-refractivity contribution in [2.45, 2.75) is 33.4 Å². The lowest BCUT2D eigenvalue weighted by Crippen LogP contribution is -2.18. The Morgan fingerprint density at radius 3 is 2.53 bits per heavy atom. The molecule has 8 nitrogen and oxygen atoms in total. The Morgan fingerprint density at radius 1 is 1.06 bits per heavy atom. The Hall–Kier alpha value is -3.47. The maximum atomic E-state index is 13.2. The van der Waals surface area contributed by atoms with Gasteiger partial charge in [-0.2, -0.15) is 23.3 Å². The van der Waals surface area contributed by atoms with Gasteiger partial charge in [0.05, 0.1) is 28.4 Å². The second-order valence-electron chi connectivity index (χ2n) is 7.25.